The Balaban J connectivity index is 2.25. The molecule has 0 amide bonds. The summed E-state index contributed by atoms with van der Waals surface area (Å²) in [6.07, 6.45) is -13.9. The molecule has 1 heterocycles. The van der Waals surface area contributed by atoms with Gasteiger partial charge in [-0.2, -0.15) is 13.2 Å². The maximum atomic E-state index is 13.1. The number of alkyl halides is 3. The van der Waals surface area contributed by atoms with E-state index in [0.717, 1.165) is 0 Å². The summed E-state index contributed by atoms with van der Waals surface area (Å²) in [6.45, 7) is -0.790. The van der Waals surface area contributed by atoms with E-state index >= 15 is 0 Å². The van der Waals surface area contributed by atoms with E-state index in [-0.39, 0.29) is 5.69 Å². The molecule has 4 N–H and O–H groups in total. The minimum Gasteiger partial charge on any atom is -0.441 e. The van der Waals surface area contributed by atoms with Crippen LogP contribution in [-0.4, -0.2) is 69.8 Å². The molecule has 1 unspecified atom stereocenters. The Morgan fingerprint density at radius 2 is 1.71 bits per heavy atom. The first-order valence-electron chi connectivity index (χ1n) is 6.92. The topological polar surface area (TPSA) is 112 Å². The lowest BCUT2D eigenvalue weighted by atomic mass is 9.99. The van der Waals surface area contributed by atoms with Crippen LogP contribution >= 0.6 is 0 Å². The number of nitrogens with zero attached hydrogens (tertiary/aromatic N) is 1. The monoisotopic (exact) mass is 351 g/mol. The lowest BCUT2D eigenvalue weighted by Gasteiger charge is -2.39. The summed E-state index contributed by atoms with van der Waals surface area (Å²) >= 11 is 0. The number of aliphatic imine (C=N–C) groups is 1. The van der Waals surface area contributed by atoms with Gasteiger partial charge in [-0.3, -0.25) is 0 Å². The van der Waals surface area contributed by atoms with Crippen LogP contribution in [0.4, 0.5) is 18.9 Å². The number of ether oxygens (including phenoxy) is 2. The average molecular weight is 351 g/mol. The number of rotatable bonds is 3. The van der Waals surface area contributed by atoms with Crippen molar-refractivity contribution >= 4 is 11.6 Å². The van der Waals surface area contributed by atoms with Crippen LogP contribution in [0.1, 0.15) is 0 Å². The third kappa shape index (κ3) is 4.22. The minimum atomic E-state index is -4.99. The number of para-hydroxylation sites is 1. The molecule has 24 heavy (non-hydrogen) atoms. The van der Waals surface area contributed by atoms with Crippen molar-refractivity contribution in [2.24, 2.45) is 4.99 Å². The van der Waals surface area contributed by atoms with Gasteiger partial charge in [0.1, 0.15) is 24.4 Å². The second-order valence-electron chi connectivity index (χ2n) is 5.07. The van der Waals surface area contributed by atoms with Crippen molar-refractivity contribution in [1.82, 2.24) is 0 Å². The first-order valence-corrected chi connectivity index (χ1v) is 6.92. The smallest absolute Gasteiger partial charge is 0.441 e. The number of halogens is 3. The fraction of sp³-hybridized carbons (Fsp3) is 0.500. The zero-order valence-electron chi connectivity index (χ0n) is 12.2. The Labute approximate surface area is 134 Å². The number of aliphatic hydroxyl groups is 4. The van der Waals surface area contributed by atoms with Gasteiger partial charge in [0.15, 0.2) is 0 Å². The van der Waals surface area contributed by atoms with Crippen LogP contribution < -0.4 is 0 Å². The molecule has 0 aliphatic carbocycles. The van der Waals surface area contributed by atoms with E-state index in [1.165, 1.54) is 24.3 Å². The molecule has 1 aromatic rings. The minimum absolute atomic E-state index is 0.0468. The summed E-state index contributed by atoms with van der Waals surface area (Å²) in [5.41, 5.74) is -0.0468. The molecular formula is C14H16F3NO6. The molecule has 5 atom stereocenters. The first-order chi connectivity index (χ1) is 11.2. The van der Waals surface area contributed by atoms with Crippen molar-refractivity contribution in [2.45, 2.75) is 36.9 Å². The molecule has 0 radical (unpaired) electrons. The molecule has 0 aromatic heterocycles. The molecule has 7 nitrogen and oxygen atoms in total. The maximum absolute atomic E-state index is 13.1. The van der Waals surface area contributed by atoms with E-state index in [9.17, 15) is 28.5 Å². The number of benzene rings is 1. The Hall–Kier alpha value is -1.72. The van der Waals surface area contributed by atoms with Gasteiger partial charge < -0.3 is 29.9 Å². The molecule has 10 heteroatoms. The zero-order valence-corrected chi connectivity index (χ0v) is 12.2. The van der Waals surface area contributed by atoms with Crippen molar-refractivity contribution in [1.29, 1.82) is 0 Å². The Morgan fingerprint density at radius 3 is 2.25 bits per heavy atom. The highest BCUT2D eigenvalue weighted by atomic mass is 19.4. The number of hydrogen-bond acceptors (Lipinski definition) is 7. The van der Waals surface area contributed by atoms with Crippen LogP contribution in [0, 0.1) is 0 Å². The summed E-state index contributed by atoms with van der Waals surface area (Å²) in [5.74, 6) is -1.70. The number of aliphatic hydroxyl groups excluding tert-OH is 4. The standard InChI is InChI=1S/C14H16F3NO6/c15-14(16,17)13(18-7-4-2-1-3-5-7)24-12-11(22)10(21)9(20)8(6-19)23-12/h1-5,8-12,19-22H,6H2/t8-,9-,10+,11+,12?/m1/s1. The molecule has 1 aliphatic rings. The molecule has 1 aromatic carbocycles. The maximum Gasteiger partial charge on any atom is 0.468 e. The average Bonchev–Trinajstić information content (AvgIpc) is 2.54. The predicted octanol–water partition coefficient (Wildman–Crippen LogP) is 0.0954. The summed E-state index contributed by atoms with van der Waals surface area (Å²) in [5, 5.41) is 37.9. The van der Waals surface area contributed by atoms with Gasteiger partial charge in [0.2, 0.25) is 6.29 Å². The van der Waals surface area contributed by atoms with Crippen molar-refractivity contribution in [3.63, 3.8) is 0 Å². The van der Waals surface area contributed by atoms with Gasteiger partial charge >= 0.3 is 6.18 Å². The quantitative estimate of drug-likeness (QED) is 0.454. The second kappa shape index (κ2) is 7.45. The van der Waals surface area contributed by atoms with E-state index < -0.39 is 49.4 Å². The predicted molar refractivity (Wildman–Crippen MR) is 74.4 cm³/mol. The fourth-order valence-electron chi connectivity index (χ4n) is 2.05. The Morgan fingerprint density at radius 1 is 1.08 bits per heavy atom. The van der Waals surface area contributed by atoms with Crippen LogP contribution in [0.2, 0.25) is 0 Å². The Bertz CT molecular complexity index is 565. The van der Waals surface area contributed by atoms with Crippen LogP contribution in [0.3, 0.4) is 0 Å². The highest BCUT2D eigenvalue weighted by Gasteiger charge is 2.48. The third-order valence-corrected chi connectivity index (χ3v) is 3.31. The van der Waals surface area contributed by atoms with Gasteiger partial charge in [0.25, 0.3) is 5.90 Å². The Kier molecular flexibility index (Phi) is 5.78. The summed E-state index contributed by atoms with van der Waals surface area (Å²) in [4.78, 5) is 3.33. The molecule has 1 fully saturated rings. The third-order valence-electron chi connectivity index (χ3n) is 3.31. The van der Waals surface area contributed by atoms with Crippen LogP contribution in [0.5, 0.6) is 0 Å². The van der Waals surface area contributed by atoms with Crippen molar-refractivity contribution in [2.75, 3.05) is 6.61 Å². The van der Waals surface area contributed by atoms with E-state index in [4.69, 9.17) is 9.84 Å². The van der Waals surface area contributed by atoms with Crippen LogP contribution in [0.15, 0.2) is 35.3 Å². The van der Waals surface area contributed by atoms with E-state index in [1.54, 1.807) is 6.07 Å². The van der Waals surface area contributed by atoms with E-state index in [2.05, 4.69) is 9.73 Å². The van der Waals surface area contributed by atoms with Gasteiger partial charge in [0.05, 0.1) is 12.3 Å². The lowest BCUT2D eigenvalue weighted by Crippen LogP contribution is -2.59. The summed E-state index contributed by atoms with van der Waals surface area (Å²) in [7, 11) is 0. The second-order valence-corrected chi connectivity index (χ2v) is 5.07. The largest absolute Gasteiger partial charge is 0.468 e. The summed E-state index contributed by atoms with van der Waals surface area (Å²) in [6, 6.07) is 7.15. The molecule has 0 spiro atoms. The first kappa shape index (κ1) is 18.6. The normalized spacial score (nSPS) is 31.8. The highest BCUT2D eigenvalue weighted by Crippen LogP contribution is 2.27. The highest BCUT2D eigenvalue weighted by molar-refractivity contribution is 5.84. The fourth-order valence-corrected chi connectivity index (χ4v) is 2.05. The zero-order chi connectivity index (χ0) is 17.9. The van der Waals surface area contributed by atoms with Crippen molar-refractivity contribution in [3.8, 4) is 0 Å². The molecule has 1 saturated heterocycles. The molecule has 1 aliphatic heterocycles. The number of hydrogen-bond donors (Lipinski definition) is 4. The molecule has 0 saturated carbocycles. The van der Waals surface area contributed by atoms with E-state index in [1.807, 2.05) is 0 Å². The van der Waals surface area contributed by atoms with E-state index in [0.29, 0.717) is 0 Å². The summed E-state index contributed by atoms with van der Waals surface area (Å²) < 4.78 is 48.7. The van der Waals surface area contributed by atoms with Gasteiger partial charge in [0, 0.05) is 0 Å². The van der Waals surface area contributed by atoms with Gasteiger partial charge in [-0.05, 0) is 12.1 Å². The molecule has 134 valence electrons. The SMILES string of the molecule is OC[C@H]1OC(OC(=Nc2ccccc2)C(F)(F)F)[C@@H](O)[C@@H](O)[C@@H]1O. The molecule has 0 bridgehead atoms. The van der Waals surface area contributed by atoms with Crippen LogP contribution in [-0.2, 0) is 9.47 Å². The molecular weight excluding hydrogens is 335 g/mol. The molecule has 2 rings (SSSR count). The van der Waals surface area contributed by atoms with Crippen molar-refractivity contribution < 1.29 is 43.1 Å². The lowest BCUT2D eigenvalue weighted by molar-refractivity contribution is -0.285. The van der Waals surface area contributed by atoms with Crippen LogP contribution in [0.25, 0.3) is 0 Å². The van der Waals surface area contributed by atoms with Gasteiger partial charge in [-0.15, -0.1) is 0 Å². The van der Waals surface area contributed by atoms with Crippen molar-refractivity contribution in [3.05, 3.63) is 30.3 Å². The van der Waals surface area contributed by atoms with Gasteiger partial charge in [-0.1, -0.05) is 18.2 Å². The van der Waals surface area contributed by atoms with Gasteiger partial charge in [-0.25, -0.2) is 4.99 Å².